The Kier molecular flexibility index (Phi) is 2.26. The van der Waals surface area contributed by atoms with Gasteiger partial charge in [0.2, 0.25) is 0 Å². The van der Waals surface area contributed by atoms with Crippen molar-refractivity contribution in [2.45, 2.75) is 37.5 Å². The van der Waals surface area contributed by atoms with Crippen LogP contribution in [0.3, 0.4) is 0 Å². The average molecular weight is 235 g/mol. The summed E-state index contributed by atoms with van der Waals surface area (Å²) in [5, 5.41) is 0. The van der Waals surface area contributed by atoms with Crippen molar-refractivity contribution in [1.82, 2.24) is 4.98 Å². The van der Waals surface area contributed by atoms with E-state index in [0.29, 0.717) is 0 Å². The van der Waals surface area contributed by atoms with Crippen LogP contribution < -0.4 is 0 Å². The number of rotatable bonds is 3. The van der Waals surface area contributed by atoms with Crippen LogP contribution in [0.1, 0.15) is 48.9 Å². The first-order chi connectivity index (χ1) is 8.90. The molecule has 0 bridgehead atoms. The van der Waals surface area contributed by atoms with Crippen molar-refractivity contribution in [2.75, 3.05) is 0 Å². The Bertz CT molecular complexity index is 535. The van der Waals surface area contributed by atoms with Gasteiger partial charge < -0.3 is 0 Å². The summed E-state index contributed by atoms with van der Waals surface area (Å²) in [7, 11) is 0. The van der Waals surface area contributed by atoms with Gasteiger partial charge in [-0.3, -0.25) is 4.98 Å². The standard InChI is InChI=1S/C17H17N/c1-2-4-12(5-3-1)15-10-16(13-6-7-13)18-17(11-15)14-8-9-14/h1-5,10-11,13-14H,6-9H2. The molecule has 0 unspecified atom stereocenters. The molecule has 2 aromatic rings. The molecule has 1 heterocycles. The van der Waals surface area contributed by atoms with Gasteiger partial charge in [0.1, 0.15) is 0 Å². The molecule has 0 atom stereocenters. The number of nitrogens with zero attached hydrogens (tertiary/aromatic N) is 1. The van der Waals surface area contributed by atoms with Gasteiger partial charge in [-0.25, -0.2) is 0 Å². The molecule has 0 aliphatic heterocycles. The fourth-order valence-electron chi connectivity index (χ4n) is 2.55. The molecule has 0 amide bonds. The highest BCUT2D eigenvalue weighted by molar-refractivity contribution is 5.64. The van der Waals surface area contributed by atoms with Gasteiger partial charge in [-0.05, 0) is 48.9 Å². The summed E-state index contributed by atoms with van der Waals surface area (Å²) in [5.41, 5.74) is 5.34. The Balaban J connectivity index is 1.81. The predicted molar refractivity (Wildman–Crippen MR) is 73.6 cm³/mol. The van der Waals surface area contributed by atoms with Crippen molar-refractivity contribution in [1.29, 1.82) is 0 Å². The predicted octanol–water partition coefficient (Wildman–Crippen LogP) is 4.50. The van der Waals surface area contributed by atoms with Crippen molar-refractivity contribution in [3.05, 3.63) is 53.9 Å². The minimum Gasteiger partial charge on any atom is -0.257 e. The maximum atomic E-state index is 4.88. The smallest absolute Gasteiger partial charge is 0.0444 e. The van der Waals surface area contributed by atoms with E-state index in [1.807, 2.05) is 0 Å². The summed E-state index contributed by atoms with van der Waals surface area (Å²) >= 11 is 0. The van der Waals surface area contributed by atoms with E-state index in [0.717, 1.165) is 11.8 Å². The first-order valence-corrected chi connectivity index (χ1v) is 6.97. The van der Waals surface area contributed by atoms with Crippen LogP contribution in [0.5, 0.6) is 0 Å². The van der Waals surface area contributed by atoms with Crippen LogP contribution in [0.4, 0.5) is 0 Å². The molecule has 2 saturated carbocycles. The van der Waals surface area contributed by atoms with E-state index < -0.39 is 0 Å². The second kappa shape index (κ2) is 3.94. The maximum Gasteiger partial charge on any atom is 0.0444 e. The zero-order chi connectivity index (χ0) is 11.9. The third-order valence-corrected chi connectivity index (χ3v) is 3.96. The Hall–Kier alpha value is -1.63. The van der Waals surface area contributed by atoms with Gasteiger partial charge in [-0.1, -0.05) is 30.3 Å². The second-order valence-corrected chi connectivity index (χ2v) is 5.62. The highest BCUT2D eigenvalue weighted by atomic mass is 14.8. The molecule has 90 valence electrons. The van der Waals surface area contributed by atoms with Crippen molar-refractivity contribution >= 4 is 0 Å². The summed E-state index contributed by atoms with van der Waals surface area (Å²) in [5.74, 6) is 1.48. The van der Waals surface area contributed by atoms with E-state index in [-0.39, 0.29) is 0 Å². The quantitative estimate of drug-likeness (QED) is 0.763. The Morgan fingerprint density at radius 1 is 0.722 bits per heavy atom. The third kappa shape index (κ3) is 1.94. The fourth-order valence-corrected chi connectivity index (χ4v) is 2.55. The number of benzene rings is 1. The monoisotopic (exact) mass is 235 g/mol. The molecule has 0 N–H and O–H groups in total. The lowest BCUT2D eigenvalue weighted by atomic mass is 10.0. The minimum absolute atomic E-state index is 0.742. The first kappa shape index (κ1) is 10.3. The van der Waals surface area contributed by atoms with E-state index in [2.05, 4.69) is 42.5 Å². The zero-order valence-electron chi connectivity index (χ0n) is 10.5. The molecule has 4 rings (SSSR count). The van der Waals surface area contributed by atoms with E-state index in [4.69, 9.17) is 4.98 Å². The molecule has 2 aliphatic carbocycles. The first-order valence-electron chi connectivity index (χ1n) is 6.97. The minimum atomic E-state index is 0.742. The van der Waals surface area contributed by atoms with Crippen LogP contribution in [0.25, 0.3) is 11.1 Å². The molecule has 0 radical (unpaired) electrons. The molecule has 1 aromatic heterocycles. The Morgan fingerprint density at radius 3 is 1.78 bits per heavy atom. The lowest BCUT2D eigenvalue weighted by molar-refractivity contribution is 0.941. The second-order valence-electron chi connectivity index (χ2n) is 5.62. The van der Waals surface area contributed by atoms with Gasteiger partial charge in [-0.15, -0.1) is 0 Å². The van der Waals surface area contributed by atoms with Crippen LogP contribution in [-0.4, -0.2) is 4.98 Å². The summed E-state index contributed by atoms with van der Waals surface area (Å²) in [4.78, 5) is 4.88. The molecule has 1 heteroatoms. The van der Waals surface area contributed by atoms with Gasteiger partial charge in [0.25, 0.3) is 0 Å². The zero-order valence-corrected chi connectivity index (χ0v) is 10.5. The van der Waals surface area contributed by atoms with E-state index in [1.54, 1.807) is 0 Å². The summed E-state index contributed by atoms with van der Waals surface area (Å²) in [6.45, 7) is 0. The van der Waals surface area contributed by atoms with Gasteiger partial charge in [0.15, 0.2) is 0 Å². The molecule has 1 nitrogen and oxygen atoms in total. The molecule has 0 spiro atoms. The topological polar surface area (TPSA) is 12.9 Å². The molecular weight excluding hydrogens is 218 g/mol. The fraction of sp³-hybridized carbons (Fsp3) is 0.353. The number of hydrogen-bond donors (Lipinski definition) is 0. The van der Waals surface area contributed by atoms with Gasteiger partial charge in [0, 0.05) is 23.2 Å². The summed E-state index contributed by atoms with van der Waals surface area (Å²) < 4.78 is 0. The summed E-state index contributed by atoms with van der Waals surface area (Å²) in [6, 6.07) is 15.3. The molecular formula is C17H17N. The number of hydrogen-bond acceptors (Lipinski definition) is 1. The van der Waals surface area contributed by atoms with Crippen molar-refractivity contribution in [3.8, 4) is 11.1 Å². The lowest BCUT2D eigenvalue weighted by Crippen LogP contribution is -1.94. The van der Waals surface area contributed by atoms with Gasteiger partial charge in [-0.2, -0.15) is 0 Å². The number of aromatic nitrogens is 1. The molecule has 18 heavy (non-hydrogen) atoms. The van der Waals surface area contributed by atoms with E-state index >= 15 is 0 Å². The normalized spacial score (nSPS) is 18.9. The van der Waals surface area contributed by atoms with E-state index in [1.165, 1.54) is 48.2 Å². The Labute approximate surface area is 108 Å². The van der Waals surface area contributed by atoms with Gasteiger partial charge in [0.05, 0.1) is 0 Å². The average Bonchev–Trinajstić information content (AvgIpc) is 3.32. The maximum absolute atomic E-state index is 4.88. The lowest BCUT2D eigenvalue weighted by Gasteiger charge is -2.08. The molecule has 0 saturated heterocycles. The van der Waals surface area contributed by atoms with Crippen LogP contribution in [0, 0.1) is 0 Å². The number of pyridine rings is 1. The molecule has 1 aromatic carbocycles. The van der Waals surface area contributed by atoms with Crippen LogP contribution >= 0.6 is 0 Å². The van der Waals surface area contributed by atoms with Crippen LogP contribution in [0.2, 0.25) is 0 Å². The van der Waals surface area contributed by atoms with Crippen molar-refractivity contribution in [3.63, 3.8) is 0 Å². The highest BCUT2D eigenvalue weighted by Gasteiger charge is 2.30. The van der Waals surface area contributed by atoms with Crippen molar-refractivity contribution < 1.29 is 0 Å². The Morgan fingerprint density at radius 2 is 1.28 bits per heavy atom. The largest absolute Gasteiger partial charge is 0.257 e. The van der Waals surface area contributed by atoms with Crippen LogP contribution in [-0.2, 0) is 0 Å². The molecule has 2 aliphatic rings. The summed E-state index contributed by atoms with van der Waals surface area (Å²) in [6.07, 6.45) is 5.31. The van der Waals surface area contributed by atoms with Crippen LogP contribution in [0.15, 0.2) is 42.5 Å². The van der Waals surface area contributed by atoms with Gasteiger partial charge >= 0.3 is 0 Å². The molecule has 2 fully saturated rings. The highest BCUT2D eigenvalue weighted by Crippen LogP contribution is 2.44. The van der Waals surface area contributed by atoms with Crippen molar-refractivity contribution in [2.24, 2.45) is 0 Å². The SMILES string of the molecule is c1ccc(-c2cc(C3CC3)nc(C3CC3)c2)cc1. The third-order valence-electron chi connectivity index (χ3n) is 3.96. The van der Waals surface area contributed by atoms with E-state index in [9.17, 15) is 0 Å².